The van der Waals surface area contributed by atoms with Gasteiger partial charge in [0, 0.05) is 32.1 Å². The summed E-state index contributed by atoms with van der Waals surface area (Å²) in [6.45, 7) is 4.96. The van der Waals surface area contributed by atoms with Crippen LogP contribution in [0.25, 0.3) is 10.9 Å². The normalized spacial score (nSPS) is 18.1. The van der Waals surface area contributed by atoms with E-state index < -0.39 is 0 Å². The molecule has 1 saturated carbocycles. The van der Waals surface area contributed by atoms with Crippen LogP contribution < -0.4 is 20.3 Å². The number of nitrogens with zero attached hydrogens (tertiary/aromatic N) is 3. The van der Waals surface area contributed by atoms with E-state index in [1.165, 1.54) is 18.4 Å². The van der Waals surface area contributed by atoms with Gasteiger partial charge in [0.15, 0.2) is 0 Å². The first-order valence-corrected chi connectivity index (χ1v) is 12.8. The number of aromatic nitrogens is 2. The second-order valence-corrected chi connectivity index (χ2v) is 9.62. The fourth-order valence-corrected chi connectivity index (χ4v) is 4.62. The van der Waals surface area contributed by atoms with Crippen LogP contribution >= 0.6 is 0 Å². The minimum absolute atomic E-state index is 0.438. The van der Waals surface area contributed by atoms with Crippen molar-refractivity contribution in [1.29, 1.82) is 0 Å². The summed E-state index contributed by atoms with van der Waals surface area (Å²) in [6.07, 6.45) is 7.03. The molecule has 2 aromatic carbocycles. The van der Waals surface area contributed by atoms with Gasteiger partial charge in [0.1, 0.15) is 11.6 Å². The average molecular weight is 462 g/mol. The van der Waals surface area contributed by atoms with E-state index in [0.717, 1.165) is 79.7 Å². The van der Waals surface area contributed by atoms with Gasteiger partial charge in [-0.25, -0.2) is 4.98 Å². The van der Waals surface area contributed by atoms with E-state index in [0.29, 0.717) is 6.04 Å². The molecule has 0 spiro atoms. The Morgan fingerprint density at radius 1 is 0.971 bits per heavy atom. The topological polar surface area (TPSA) is 62.3 Å². The molecule has 34 heavy (non-hydrogen) atoms. The Morgan fingerprint density at radius 3 is 2.47 bits per heavy atom. The van der Waals surface area contributed by atoms with Crippen molar-refractivity contribution in [3.05, 3.63) is 54.1 Å². The van der Waals surface area contributed by atoms with E-state index in [1.54, 1.807) is 0 Å². The zero-order chi connectivity index (χ0) is 23.8. The van der Waals surface area contributed by atoms with Crippen LogP contribution in [0.3, 0.4) is 0 Å². The number of nitrogens with one attached hydrogen (secondary N) is 2. The number of para-hydroxylation sites is 1. The van der Waals surface area contributed by atoms with E-state index in [1.807, 2.05) is 26.2 Å². The van der Waals surface area contributed by atoms with Crippen molar-refractivity contribution in [2.24, 2.45) is 5.92 Å². The highest BCUT2D eigenvalue weighted by Gasteiger charge is 2.22. The summed E-state index contributed by atoms with van der Waals surface area (Å²) in [6, 6.07) is 17.2. The standard InChI is InChI=1S/C28H39N5O/c1-4-5-18-34-24-16-12-22(13-17-24)20-29-19-21-10-14-23(15-11-21)30-28-31-26-9-7-6-8-25(26)27(32-28)33(2)3/h6-9,12-13,16-17,21,23,29H,4-5,10-11,14-15,18-20H2,1-3H3,(H,30,31,32). The second-order valence-electron chi connectivity index (χ2n) is 9.62. The van der Waals surface area contributed by atoms with E-state index in [4.69, 9.17) is 14.7 Å². The molecule has 4 rings (SSSR count). The molecule has 6 nitrogen and oxygen atoms in total. The number of hydrogen-bond acceptors (Lipinski definition) is 6. The zero-order valence-corrected chi connectivity index (χ0v) is 20.9. The molecule has 3 aromatic rings. The largest absolute Gasteiger partial charge is 0.494 e. The lowest BCUT2D eigenvalue weighted by Crippen LogP contribution is -2.31. The predicted molar refractivity (Wildman–Crippen MR) is 142 cm³/mol. The quantitative estimate of drug-likeness (QED) is 0.361. The van der Waals surface area contributed by atoms with Crippen molar-refractivity contribution in [2.45, 2.75) is 58.0 Å². The van der Waals surface area contributed by atoms with Crippen LogP contribution in [-0.2, 0) is 6.54 Å². The van der Waals surface area contributed by atoms with Gasteiger partial charge in [0.25, 0.3) is 0 Å². The molecule has 0 unspecified atom stereocenters. The van der Waals surface area contributed by atoms with Crippen LogP contribution in [0.2, 0.25) is 0 Å². The van der Waals surface area contributed by atoms with Gasteiger partial charge in [-0.15, -0.1) is 0 Å². The summed E-state index contributed by atoms with van der Waals surface area (Å²) in [5, 5.41) is 8.36. The Labute approximate surface area is 204 Å². The number of benzene rings is 2. The minimum atomic E-state index is 0.438. The number of rotatable bonds is 11. The molecule has 1 heterocycles. The molecule has 2 N–H and O–H groups in total. The summed E-state index contributed by atoms with van der Waals surface area (Å²) < 4.78 is 5.76. The predicted octanol–water partition coefficient (Wildman–Crippen LogP) is 5.64. The van der Waals surface area contributed by atoms with Gasteiger partial charge < -0.3 is 20.3 Å². The minimum Gasteiger partial charge on any atom is -0.494 e. The molecule has 1 fully saturated rings. The Hall–Kier alpha value is -2.86. The molecule has 0 radical (unpaired) electrons. The molecule has 182 valence electrons. The second kappa shape index (κ2) is 12.0. The van der Waals surface area contributed by atoms with Gasteiger partial charge in [-0.05, 0) is 74.4 Å². The molecule has 0 saturated heterocycles. The van der Waals surface area contributed by atoms with Gasteiger partial charge in [-0.1, -0.05) is 37.6 Å². The van der Waals surface area contributed by atoms with Crippen LogP contribution in [0.4, 0.5) is 11.8 Å². The van der Waals surface area contributed by atoms with Crippen LogP contribution in [0.15, 0.2) is 48.5 Å². The molecular formula is C28H39N5O. The highest BCUT2D eigenvalue weighted by Crippen LogP contribution is 2.28. The number of unbranched alkanes of at least 4 members (excludes halogenated alkanes) is 1. The summed E-state index contributed by atoms with van der Waals surface area (Å²) in [4.78, 5) is 11.6. The maximum atomic E-state index is 5.76. The van der Waals surface area contributed by atoms with Crippen LogP contribution in [0, 0.1) is 5.92 Å². The van der Waals surface area contributed by atoms with Crippen molar-refractivity contribution in [3.63, 3.8) is 0 Å². The maximum Gasteiger partial charge on any atom is 0.225 e. The summed E-state index contributed by atoms with van der Waals surface area (Å²) >= 11 is 0. The molecule has 6 heteroatoms. The Balaban J connectivity index is 1.21. The van der Waals surface area contributed by atoms with Gasteiger partial charge in [0.05, 0.1) is 12.1 Å². The Kier molecular flexibility index (Phi) is 8.58. The van der Waals surface area contributed by atoms with Crippen molar-refractivity contribution in [3.8, 4) is 5.75 Å². The van der Waals surface area contributed by atoms with Gasteiger partial charge >= 0.3 is 0 Å². The lowest BCUT2D eigenvalue weighted by atomic mass is 9.86. The summed E-state index contributed by atoms with van der Waals surface area (Å²) in [7, 11) is 4.07. The van der Waals surface area contributed by atoms with Crippen molar-refractivity contribution < 1.29 is 4.74 Å². The fraction of sp³-hybridized carbons (Fsp3) is 0.500. The van der Waals surface area contributed by atoms with Crippen LogP contribution in [-0.4, -0.2) is 43.3 Å². The molecule has 0 atom stereocenters. The SMILES string of the molecule is CCCCOc1ccc(CNCC2CCC(Nc3nc(N(C)C)c4ccccc4n3)CC2)cc1. The lowest BCUT2D eigenvalue weighted by molar-refractivity contribution is 0.309. The first kappa shape index (κ1) is 24.3. The molecule has 0 bridgehead atoms. The molecule has 1 aliphatic carbocycles. The highest BCUT2D eigenvalue weighted by atomic mass is 16.5. The van der Waals surface area contributed by atoms with Crippen molar-refractivity contribution >= 4 is 22.7 Å². The molecule has 1 aromatic heterocycles. The van der Waals surface area contributed by atoms with Gasteiger partial charge in [0.2, 0.25) is 5.95 Å². The third-order valence-electron chi connectivity index (χ3n) is 6.64. The molecule has 0 aliphatic heterocycles. The Morgan fingerprint density at radius 2 is 1.74 bits per heavy atom. The number of fused-ring (bicyclic) bond motifs is 1. The smallest absolute Gasteiger partial charge is 0.225 e. The lowest BCUT2D eigenvalue weighted by Gasteiger charge is -2.29. The maximum absolute atomic E-state index is 5.76. The fourth-order valence-electron chi connectivity index (χ4n) is 4.62. The third-order valence-corrected chi connectivity index (χ3v) is 6.64. The summed E-state index contributed by atoms with van der Waals surface area (Å²) in [5.41, 5.74) is 2.30. The van der Waals surface area contributed by atoms with Gasteiger partial charge in [-0.3, -0.25) is 0 Å². The van der Waals surface area contributed by atoms with Crippen LogP contribution in [0.1, 0.15) is 51.0 Å². The first-order valence-electron chi connectivity index (χ1n) is 12.8. The van der Waals surface area contributed by atoms with E-state index in [9.17, 15) is 0 Å². The van der Waals surface area contributed by atoms with Gasteiger partial charge in [-0.2, -0.15) is 4.98 Å². The summed E-state index contributed by atoms with van der Waals surface area (Å²) in [5.74, 6) is 3.40. The molecular weight excluding hydrogens is 422 g/mol. The van der Waals surface area contributed by atoms with Crippen molar-refractivity contribution in [2.75, 3.05) is 37.5 Å². The number of anilines is 2. The molecule has 1 aliphatic rings. The number of hydrogen-bond donors (Lipinski definition) is 2. The Bertz CT molecular complexity index is 1030. The highest BCUT2D eigenvalue weighted by molar-refractivity contribution is 5.90. The number of ether oxygens (including phenoxy) is 1. The van der Waals surface area contributed by atoms with Crippen LogP contribution in [0.5, 0.6) is 5.75 Å². The third kappa shape index (κ3) is 6.60. The zero-order valence-electron chi connectivity index (χ0n) is 20.9. The van der Waals surface area contributed by atoms with E-state index >= 15 is 0 Å². The monoisotopic (exact) mass is 461 g/mol. The van der Waals surface area contributed by atoms with E-state index in [2.05, 4.69) is 58.9 Å². The molecule has 0 amide bonds. The van der Waals surface area contributed by atoms with E-state index in [-0.39, 0.29) is 0 Å². The van der Waals surface area contributed by atoms with Crippen molar-refractivity contribution in [1.82, 2.24) is 15.3 Å². The average Bonchev–Trinajstić information content (AvgIpc) is 2.85. The first-order chi connectivity index (χ1) is 16.6.